The molecule has 1 saturated heterocycles. The van der Waals surface area contributed by atoms with Crippen LogP contribution in [0.4, 0.5) is 4.39 Å². The Balaban J connectivity index is 2.30. The Kier molecular flexibility index (Phi) is 3.60. The summed E-state index contributed by atoms with van der Waals surface area (Å²) in [4.78, 5) is 14.6. The average molecular weight is 280 g/mol. The van der Waals surface area contributed by atoms with Crippen molar-refractivity contribution in [3.8, 4) is 0 Å². The smallest absolute Gasteiger partial charge is 0.399 e. The van der Waals surface area contributed by atoms with Crippen LogP contribution < -0.4 is 11.2 Å². The molecule has 1 amide bonds. The largest absolute Gasteiger partial charge is 0.495 e. The molecule has 2 N–H and O–H groups in total. The molecule has 0 spiro atoms. The second-order valence-electron chi connectivity index (χ2n) is 5.95. The van der Waals surface area contributed by atoms with Crippen molar-refractivity contribution in [2.45, 2.75) is 45.3 Å². The van der Waals surface area contributed by atoms with Crippen LogP contribution in [0.5, 0.6) is 0 Å². The lowest BCUT2D eigenvalue weighted by molar-refractivity contribution is -0.117. The van der Waals surface area contributed by atoms with E-state index >= 15 is 0 Å². The Bertz CT molecular complexity index is 532. The number of aromatic nitrogens is 1. The fourth-order valence-corrected chi connectivity index (χ4v) is 1.96. The minimum atomic E-state index is -0.691. The number of nitrogens with zero attached hydrogens (tertiary/aromatic N) is 1. The molecule has 0 atom stereocenters. The van der Waals surface area contributed by atoms with E-state index in [1.807, 2.05) is 27.7 Å². The normalized spacial score (nSPS) is 20.1. The lowest BCUT2D eigenvalue weighted by Crippen LogP contribution is -2.41. The molecule has 0 saturated carbocycles. The van der Waals surface area contributed by atoms with Gasteiger partial charge in [0.25, 0.3) is 0 Å². The van der Waals surface area contributed by atoms with E-state index in [-0.39, 0.29) is 12.1 Å². The van der Waals surface area contributed by atoms with Gasteiger partial charge in [-0.3, -0.25) is 4.79 Å². The zero-order chi connectivity index (χ0) is 15.1. The highest BCUT2D eigenvalue weighted by Crippen LogP contribution is 2.36. The molecule has 7 heteroatoms. The molecule has 1 fully saturated rings. The molecule has 1 aliphatic rings. The number of rotatable bonds is 3. The number of carbonyl (C=O) groups excluding carboxylic acids is 1. The van der Waals surface area contributed by atoms with Gasteiger partial charge in [0.2, 0.25) is 11.9 Å². The second kappa shape index (κ2) is 4.82. The van der Waals surface area contributed by atoms with Crippen LogP contribution in [0.2, 0.25) is 0 Å². The molecule has 108 valence electrons. The van der Waals surface area contributed by atoms with E-state index in [2.05, 4.69) is 4.98 Å². The van der Waals surface area contributed by atoms with E-state index in [9.17, 15) is 9.18 Å². The number of primary amides is 1. The van der Waals surface area contributed by atoms with E-state index in [0.29, 0.717) is 5.46 Å². The molecule has 5 nitrogen and oxygen atoms in total. The van der Waals surface area contributed by atoms with Crippen molar-refractivity contribution < 1.29 is 18.5 Å². The van der Waals surface area contributed by atoms with Crippen LogP contribution in [0.3, 0.4) is 0 Å². The summed E-state index contributed by atoms with van der Waals surface area (Å²) in [5.41, 5.74) is 4.83. The molecule has 1 aromatic rings. The van der Waals surface area contributed by atoms with Crippen molar-refractivity contribution in [1.82, 2.24) is 4.98 Å². The number of pyridine rings is 1. The predicted octanol–water partition coefficient (Wildman–Crippen LogP) is 0.548. The van der Waals surface area contributed by atoms with Crippen LogP contribution in [-0.4, -0.2) is 29.2 Å². The van der Waals surface area contributed by atoms with Crippen molar-refractivity contribution in [1.29, 1.82) is 0 Å². The maximum absolute atomic E-state index is 13.5. The van der Waals surface area contributed by atoms with Crippen molar-refractivity contribution in [2.24, 2.45) is 5.73 Å². The van der Waals surface area contributed by atoms with Gasteiger partial charge in [-0.25, -0.2) is 4.98 Å². The first-order valence-electron chi connectivity index (χ1n) is 6.41. The van der Waals surface area contributed by atoms with Crippen LogP contribution in [0.25, 0.3) is 0 Å². The van der Waals surface area contributed by atoms with Gasteiger partial charge in [-0.1, -0.05) is 0 Å². The number of halogens is 1. The number of hydrogen-bond acceptors (Lipinski definition) is 4. The van der Waals surface area contributed by atoms with E-state index in [1.165, 1.54) is 6.07 Å². The van der Waals surface area contributed by atoms with Gasteiger partial charge >= 0.3 is 7.12 Å². The number of hydrogen-bond donors (Lipinski definition) is 1. The van der Waals surface area contributed by atoms with Gasteiger partial charge in [0, 0.05) is 0 Å². The summed E-state index contributed by atoms with van der Waals surface area (Å²) in [7, 11) is -0.691. The van der Waals surface area contributed by atoms with Gasteiger partial charge in [-0.05, 0) is 45.3 Å². The van der Waals surface area contributed by atoms with Gasteiger partial charge in [-0.15, -0.1) is 0 Å². The molecular formula is C13H18BFN2O3. The third-order valence-corrected chi connectivity index (χ3v) is 3.75. The summed E-state index contributed by atoms with van der Waals surface area (Å²) in [6, 6.07) is 2.82. The van der Waals surface area contributed by atoms with Crippen LogP contribution in [0.1, 0.15) is 33.4 Å². The van der Waals surface area contributed by atoms with E-state index in [1.54, 1.807) is 6.07 Å². The summed E-state index contributed by atoms with van der Waals surface area (Å²) in [6.07, 6.45) is -0.121. The SMILES string of the molecule is CC1(C)OB(c2cc(F)nc(CC(N)=O)c2)OC1(C)C. The summed E-state index contributed by atoms with van der Waals surface area (Å²) >= 11 is 0. The summed E-state index contributed by atoms with van der Waals surface area (Å²) in [5.74, 6) is -1.25. The highest BCUT2D eigenvalue weighted by molar-refractivity contribution is 6.62. The highest BCUT2D eigenvalue weighted by Gasteiger charge is 2.51. The van der Waals surface area contributed by atoms with Crippen LogP contribution in [0.15, 0.2) is 12.1 Å². The van der Waals surface area contributed by atoms with E-state index in [0.717, 1.165) is 0 Å². The zero-order valence-corrected chi connectivity index (χ0v) is 12.1. The van der Waals surface area contributed by atoms with Gasteiger partial charge in [0.05, 0.1) is 23.3 Å². The number of carbonyl (C=O) groups is 1. The first kappa shape index (κ1) is 14.9. The standard InChI is InChI=1S/C13H18BFN2O3/c1-12(2)13(3,4)20-14(19-12)8-5-9(7-11(16)18)17-10(15)6-8/h5-6H,7H2,1-4H3,(H2,16,18). The Labute approximate surface area is 117 Å². The molecule has 0 aliphatic carbocycles. The van der Waals surface area contributed by atoms with Crippen molar-refractivity contribution >= 4 is 18.5 Å². The molecule has 20 heavy (non-hydrogen) atoms. The molecule has 2 rings (SSSR count). The third-order valence-electron chi connectivity index (χ3n) is 3.75. The second-order valence-corrected chi connectivity index (χ2v) is 5.95. The maximum Gasteiger partial charge on any atom is 0.495 e. The van der Waals surface area contributed by atoms with Crippen LogP contribution in [0, 0.1) is 5.95 Å². The fourth-order valence-electron chi connectivity index (χ4n) is 1.96. The molecule has 0 aromatic carbocycles. The van der Waals surface area contributed by atoms with Gasteiger partial charge in [-0.2, -0.15) is 4.39 Å². The molecule has 1 aromatic heterocycles. The Hall–Kier alpha value is -1.47. The molecular weight excluding hydrogens is 262 g/mol. The number of nitrogens with two attached hydrogens (primary N) is 1. The van der Waals surface area contributed by atoms with Gasteiger partial charge < -0.3 is 15.0 Å². The lowest BCUT2D eigenvalue weighted by Gasteiger charge is -2.32. The first-order chi connectivity index (χ1) is 9.10. The van der Waals surface area contributed by atoms with E-state index < -0.39 is 30.2 Å². The fraction of sp³-hybridized carbons (Fsp3) is 0.538. The monoisotopic (exact) mass is 280 g/mol. The first-order valence-corrected chi connectivity index (χ1v) is 6.41. The van der Waals surface area contributed by atoms with Crippen molar-refractivity contribution in [3.05, 3.63) is 23.8 Å². The molecule has 1 aliphatic heterocycles. The summed E-state index contributed by atoms with van der Waals surface area (Å²) in [5, 5.41) is 0. The van der Waals surface area contributed by atoms with Crippen LogP contribution >= 0.6 is 0 Å². The number of amides is 1. The highest BCUT2D eigenvalue weighted by atomic mass is 19.1. The molecule has 0 bridgehead atoms. The lowest BCUT2D eigenvalue weighted by atomic mass is 9.79. The minimum absolute atomic E-state index is 0.121. The third kappa shape index (κ3) is 2.83. The topological polar surface area (TPSA) is 74.4 Å². The van der Waals surface area contributed by atoms with Crippen LogP contribution in [-0.2, 0) is 20.5 Å². The maximum atomic E-state index is 13.5. The summed E-state index contributed by atoms with van der Waals surface area (Å²) < 4.78 is 25.2. The molecule has 0 unspecified atom stereocenters. The van der Waals surface area contributed by atoms with Gasteiger partial charge in [0.1, 0.15) is 0 Å². The van der Waals surface area contributed by atoms with Crippen molar-refractivity contribution in [3.63, 3.8) is 0 Å². The van der Waals surface area contributed by atoms with Crippen molar-refractivity contribution in [2.75, 3.05) is 0 Å². The Morgan fingerprint density at radius 1 is 1.30 bits per heavy atom. The summed E-state index contributed by atoms with van der Waals surface area (Å²) in [6.45, 7) is 7.65. The predicted molar refractivity (Wildman–Crippen MR) is 72.8 cm³/mol. The average Bonchev–Trinajstić information content (AvgIpc) is 2.46. The van der Waals surface area contributed by atoms with Gasteiger partial charge in [0.15, 0.2) is 0 Å². The quantitative estimate of drug-likeness (QED) is 0.648. The van der Waals surface area contributed by atoms with E-state index in [4.69, 9.17) is 15.0 Å². The zero-order valence-electron chi connectivity index (χ0n) is 12.1. The minimum Gasteiger partial charge on any atom is -0.399 e. The Morgan fingerprint density at radius 2 is 1.85 bits per heavy atom. The Morgan fingerprint density at radius 3 is 2.35 bits per heavy atom. The molecule has 2 heterocycles. The molecule has 0 radical (unpaired) electrons.